The number of nitrogens with one attached hydrogen (secondary N) is 1. The topological polar surface area (TPSA) is 125 Å². The van der Waals surface area contributed by atoms with Crippen LogP contribution in [-0.4, -0.2) is 52.1 Å². The predicted molar refractivity (Wildman–Crippen MR) is 107 cm³/mol. The molecule has 2 heterocycles. The fraction of sp³-hybridized carbons (Fsp3) is 0.143. The molecule has 0 saturated carbocycles. The number of rotatable bonds is 5. The second-order valence-electron chi connectivity index (χ2n) is 6.70. The van der Waals surface area contributed by atoms with Crippen LogP contribution >= 0.6 is 0 Å². The number of fused-ring (bicyclic) bond motifs is 1. The molecule has 0 spiro atoms. The smallest absolute Gasteiger partial charge is 0.355 e. The number of aromatic nitrogens is 4. The highest BCUT2D eigenvalue weighted by molar-refractivity contribution is 6.14. The van der Waals surface area contributed by atoms with E-state index in [1.54, 1.807) is 12.1 Å². The van der Waals surface area contributed by atoms with E-state index in [9.17, 15) is 18.8 Å². The van der Waals surface area contributed by atoms with Crippen LogP contribution in [0.1, 0.15) is 32.3 Å². The van der Waals surface area contributed by atoms with Crippen molar-refractivity contribution in [3.8, 4) is 0 Å². The van der Waals surface area contributed by atoms with Gasteiger partial charge in [0, 0.05) is 5.56 Å². The number of nitrogens with zero attached hydrogens (tertiary/aromatic N) is 4. The molecule has 0 saturated heterocycles. The summed E-state index contributed by atoms with van der Waals surface area (Å²) >= 11 is 0. The maximum Gasteiger partial charge on any atom is 0.355 e. The number of ketones is 1. The molecule has 1 aromatic heterocycles. The number of carbonyl (C=O) groups excluding carboxylic acids is 3. The van der Waals surface area contributed by atoms with Crippen molar-refractivity contribution in [1.82, 2.24) is 20.2 Å². The first-order chi connectivity index (χ1) is 15.4. The summed E-state index contributed by atoms with van der Waals surface area (Å²) in [6.45, 7) is 0. The van der Waals surface area contributed by atoms with Gasteiger partial charge in [0.15, 0.2) is 5.78 Å². The number of methoxy groups -OCH3 is 2. The predicted octanol–water partition coefficient (Wildman–Crippen LogP) is 1.92. The maximum atomic E-state index is 13.5. The van der Waals surface area contributed by atoms with Gasteiger partial charge in [-0.2, -0.15) is 4.68 Å². The van der Waals surface area contributed by atoms with Gasteiger partial charge in [0.25, 0.3) is 0 Å². The van der Waals surface area contributed by atoms with E-state index in [4.69, 9.17) is 9.47 Å². The zero-order chi connectivity index (χ0) is 22.8. The molecule has 10 nitrogen and oxygen atoms in total. The van der Waals surface area contributed by atoms with Gasteiger partial charge >= 0.3 is 11.9 Å². The molecule has 1 aliphatic rings. The van der Waals surface area contributed by atoms with Crippen molar-refractivity contribution >= 4 is 23.7 Å². The Bertz CT molecular complexity index is 1230. The van der Waals surface area contributed by atoms with E-state index in [2.05, 4.69) is 20.8 Å². The lowest BCUT2D eigenvalue weighted by molar-refractivity contribution is -0.136. The second kappa shape index (κ2) is 8.38. The van der Waals surface area contributed by atoms with Crippen molar-refractivity contribution < 1.29 is 28.2 Å². The van der Waals surface area contributed by atoms with Crippen molar-refractivity contribution in [3.63, 3.8) is 0 Å². The molecular formula is C21H16FN5O5. The number of Topliss-reactive ketones (excluding diaryl/α,β-unsaturated/α-hetero) is 1. The Morgan fingerprint density at radius 3 is 2.19 bits per heavy atom. The minimum atomic E-state index is -0.931. The summed E-state index contributed by atoms with van der Waals surface area (Å²) in [5.74, 6) is -2.29. The molecule has 2 aromatic carbocycles. The molecule has 32 heavy (non-hydrogen) atoms. The second-order valence-corrected chi connectivity index (χ2v) is 6.70. The average molecular weight is 437 g/mol. The standard InChI is InChI=1S/C21H16FN5O5/c1-31-19(29)13-5-3-11(4-6-13)17-15(18(28)12-7-9-14(22)10-8-12)16(20(30)32-2)23-21-24-25-26-27(17)21/h3-10,17H,1-2H3,(H,23,24,26)/t17-/m1/s1. The van der Waals surface area contributed by atoms with E-state index in [1.807, 2.05) is 0 Å². The van der Waals surface area contributed by atoms with Crippen molar-refractivity contribution in [2.24, 2.45) is 0 Å². The molecule has 0 bridgehead atoms. The molecule has 162 valence electrons. The van der Waals surface area contributed by atoms with Crippen LogP contribution in [0, 0.1) is 5.82 Å². The third kappa shape index (κ3) is 3.60. The first-order valence-electron chi connectivity index (χ1n) is 9.30. The van der Waals surface area contributed by atoms with E-state index in [0.29, 0.717) is 11.1 Å². The molecule has 0 fully saturated rings. The van der Waals surface area contributed by atoms with Gasteiger partial charge in [-0.3, -0.25) is 4.79 Å². The Balaban J connectivity index is 1.90. The lowest BCUT2D eigenvalue weighted by atomic mass is 9.89. The van der Waals surface area contributed by atoms with Gasteiger partial charge in [0.1, 0.15) is 17.6 Å². The Morgan fingerprint density at radius 1 is 0.938 bits per heavy atom. The average Bonchev–Trinajstić information content (AvgIpc) is 3.30. The third-order valence-corrected chi connectivity index (χ3v) is 4.91. The summed E-state index contributed by atoms with van der Waals surface area (Å²) in [7, 11) is 2.44. The van der Waals surface area contributed by atoms with E-state index < -0.39 is 29.6 Å². The summed E-state index contributed by atoms with van der Waals surface area (Å²) in [5.41, 5.74) is 0.808. The molecular weight excluding hydrogens is 421 g/mol. The normalized spacial score (nSPS) is 14.9. The maximum absolute atomic E-state index is 13.5. The van der Waals surface area contributed by atoms with E-state index in [0.717, 1.165) is 12.1 Å². The van der Waals surface area contributed by atoms with Gasteiger partial charge in [-0.15, -0.1) is 0 Å². The number of hydrogen-bond acceptors (Lipinski definition) is 9. The first-order valence-corrected chi connectivity index (χ1v) is 9.30. The van der Waals surface area contributed by atoms with Gasteiger partial charge in [0.2, 0.25) is 5.95 Å². The molecule has 0 amide bonds. The molecule has 0 unspecified atom stereocenters. The van der Waals surface area contributed by atoms with Crippen LogP contribution in [0.5, 0.6) is 0 Å². The van der Waals surface area contributed by atoms with Crippen LogP contribution in [0.4, 0.5) is 10.3 Å². The molecule has 3 aromatic rings. The quantitative estimate of drug-likeness (QED) is 0.471. The molecule has 11 heteroatoms. The SMILES string of the molecule is COC(=O)C1=C(C(=O)c2ccc(F)cc2)[C@@H](c2ccc(C(=O)OC)cc2)n2nnnc2N1. The summed E-state index contributed by atoms with van der Waals surface area (Å²) in [5, 5.41) is 14.2. The third-order valence-electron chi connectivity index (χ3n) is 4.91. The summed E-state index contributed by atoms with van der Waals surface area (Å²) < 4.78 is 24.3. The van der Waals surface area contributed by atoms with Crippen molar-refractivity contribution in [1.29, 1.82) is 0 Å². The fourth-order valence-electron chi connectivity index (χ4n) is 3.37. The molecule has 1 atom stereocenters. The largest absolute Gasteiger partial charge is 0.465 e. The number of carbonyl (C=O) groups is 3. The minimum Gasteiger partial charge on any atom is -0.465 e. The zero-order valence-corrected chi connectivity index (χ0v) is 16.9. The van der Waals surface area contributed by atoms with Crippen LogP contribution in [-0.2, 0) is 14.3 Å². The van der Waals surface area contributed by atoms with Gasteiger partial charge in [-0.25, -0.2) is 14.0 Å². The fourth-order valence-corrected chi connectivity index (χ4v) is 3.37. The lowest BCUT2D eigenvalue weighted by Gasteiger charge is -2.28. The summed E-state index contributed by atoms with van der Waals surface area (Å²) in [6.07, 6.45) is 0. The van der Waals surface area contributed by atoms with E-state index >= 15 is 0 Å². The Labute approximate surface area is 180 Å². The lowest BCUT2D eigenvalue weighted by Crippen LogP contribution is -2.33. The first kappa shape index (κ1) is 20.8. The van der Waals surface area contributed by atoms with Crippen molar-refractivity contribution in [2.45, 2.75) is 6.04 Å². The van der Waals surface area contributed by atoms with Crippen LogP contribution in [0.2, 0.25) is 0 Å². The van der Waals surface area contributed by atoms with Gasteiger partial charge < -0.3 is 14.8 Å². The van der Waals surface area contributed by atoms with Gasteiger partial charge in [0.05, 0.1) is 25.4 Å². The number of halogens is 1. The Kier molecular flexibility index (Phi) is 5.46. The van der Waals surface area contributed by atoms with E-state index in [1.165, 1.54) is 43.2 Å². The summed E-state index contributed by atoms with van der Waals surface area (Å²) in [6, 6.07) is 10.2. The van der Waals surface area contributed by atoms with Crippen LogP contribution in [0.25, 0.3) is 0 Å². The Morgan fingerprint density at radius 2 is 1.56 bits per heavy atom. The highest BCUT2D eigenvalue weighted by atomic mass is 19.1. The van der Waals surface area contributed by atoms with Crippen LogP contribution in [0.15, 0.2) is 59.8 Å². The molecule has 1 aliphatic heterocycles. The molecule has 0 aliphatic carbocycles. The van der Waals surface area contributed by atoms with Gasteiger partial charge in [-0.05, 0) is 52.4 Å². The highest BCUT2D eigenvalue weighted by Crippen LogP contribution is 2.36. The Hall–Kier alpha value is -4.41. The van der Waals surface area contributed by atoms with Gasteiger partial charge in [-0.1, -0.05) is 17.2 Å². The monoisotopic (exact) mass is 437 g/mol. The number of hydrogen-bond donors (Lipinski definition) is 1. The van der Waals surface area contributed by atoms with Crippen molar-refractivity contribution in [2.75, 3.05) is 19.5 Å². The highest BCUT2D eigenvalue weighted by Gasteiger charge is 2.38. The van der Waals surface area contributed by atoms with Crippen LogP contribution < -0.4 is 5.32 Å². The van der Waals surface area contributed by atoms with Crippen molar-refractivity contribution in [3.05, 3.63) is 82.3 Å². The number of esters is 2. The number of tetrazole rings is 1. The van der Waals surface area contributed by atoms with E-state index in [-0.39, 0.29) is 22.8 Å². The molecule has 0 radical (unpaired) electrons. The number of allylic oxidation sites excluding steroid dienone is 1. The number of ether oxygens (including phenoxy) is 2. The number of anilines is 1. The number of benzene rings is 2. The molecule has 1 N–H and O–H groups in total. The van der Waals surface area contributed by atoms with Crippen LogP contribution in [0.3, 0.4) is 0 Å². The summed E-state index contributed by atoms with van der Waals surface area (Å²) in [4.78, 5) is 37.9. The zero-order valence-electron chi connectivity index (χ0n) is 16.9. The minimum absolute atomic E-state index is 0.00548. The molecule has 4 rings (SSSR count).